The van der Waals surface area contributed by atoms with E-state index in [1.54, 1.807) is 6.20 Å². The van der Waals surface area contributed by atoms with E-state index in [2.05, 4.69) is 10.3 Å². The van der Waals surface area contributed by atoms with Crippen molar-refractivity contribution in [3.05, 3.63) is 23.9 Å². The van der Waals surface area contributed by atoms with Crippen molar-refractivity contribution in [1.29, 1.82) is 0 Å². The first-order valence-electron chi connectivity index (χ1n) is 6.32. The summed E-state index contributed by atoms with van der Waals surface area (Å²) in [5, 5.41) is 2.92. The minimum absolute atomic E-state index is 0.0317. The highest BCUT2D eigenvalue weighted by Gasteiger charge is 2.16. The van der Waals surface area contributed by atoms with Crippen LogP contribution in [-0.2, 0) is 6.54 Å². The van der Waals surface area contributed by atoms with Crippen LogP contribution in [0, 0.1) is 0 Å². The lowest BCUT2D eigenvalue weighted by atomic mass is 10.3. The third-order valence-corrected chi connectivity index (χ3v) is 3.10. The van der Waals surface area contributed by atoms with Gasteiger partial charge >= 0.3 is 6.03 Å². The van der Waals surface area contributed by atoms with Crippen molar-refractivity contribution in [2.45, 2.75) is 19.4 Å². The van der Waals surface area contributed by atoms with Crippen LogP contribution in [0.5, 0.6) is 0 Å². The van der Waals surface area contributed by atoms with Crippen molar-refractivity contribution in [2.75, 3.05) is 32.1 Å². The fraction of sp³-hybridized carbons (Fsp3) is 0.538. The number of nitrogens with one attached hydrogen (secondary N) is 1. The van der Waals surface area contributed by atoms with E-state index >= 15 is 0 Å². The highest BCUT2D eigenvalue weighted by Crippen LogP contribution is 2.09. The lowest BCUT2D eigenvalue weighted by Crippen LogP contribution is -2.37. The van der Waals surface area contributed by atoms with E-state index in [0.29, 0.717) is 6.54 Å². The Kier molecular flexibility index (Phi) is 4.02. The molecule has 1 saturated heterocycles. The van der Waals surface area contributed by atoms with E-state index in [9.17, 15) is 4.79 Å². The molecule has 2 heterocycles. The van der Waals surface area contributed by atoms with Gasteiger partial charge in [0.15, 0.2) is 0 Å². The molecular weight excluding hydrogens is 228 g/mol. The Hall–Kier alpha value is -1.78. The van der Waals surface area contributed by atoms with E-state index in [0.717, 1.165) is 37.3 Å². The number of rotatable bonds is 3. The van der Waals surface area contributed by atoms with Gasteiger partial charge in [0, 0.05) is 39.9 Å². The summed E-state index contributed by atoms with van der Waals surface area (Å²) in [6.45, 7) is 2.29. The minimum Gasteiger partial charge on any atom is -0.363 e. The lowest BCUT2D eigenvalue weighted by Gasteiger charge is -2.16. The number of urea groups is 1. The average molecular weight is 248 g/mol. The molecule has 5 heteroatoms. The number of pyridine rings is 1. The Balaban J connectivity index is 1.84. The van der Waals surface area contributed by atoms with E-state index in [1.807, 2.05) is 36.0 Å². The highest BCUT2D eigenvalue weighted by atomic mass is 16.2. The maximum absolute atomic E-state index is 11.8. The summed E-state index contributed by atoms with van der Waals surface area (Å²) < 4.78 is 0. The van der Waals surface area contributed by atoms with Crippen LogP contribution >= 0.6 is 0 Å². The van der Waals surface area contributed by atoms with E-state index in [1.165, 1.54) is 0 Å². The largest absolute Gasteiger partial charge is 0.363 e. The summed E-state index contributed by atoms with van der Waals surface area (Å²) in [4.78, 5) is 19.9. The Labute approximate surface area is 108 Å². The normalized spacial score (nSPS) is 14.7. The standard InChI is InChI=1S/C13H20N4O/c1-16(2)12-6-5-11(9-14-12)10-15-13(18)17-7-3-4-8-17/h5-6,9H,3-4,7-8,10H2,1-2H3,(H,15,18). The van der Waals surface area contributed by atoms with Crippen molar-refractivity contribution < 1.29 is 4.79 Å². The average Bonchev–Trinajstić information content (AvgIpc) is 2.90. The van der Waals surface area contributed by atoms with E-state index < -0.39 is 0 Å². The number of amides is 2. The molecule has 0 aromatic carbocycles. The number of carbonyl (C=O) groups excluding carboxylic acids is 1. The molecule has 98 valence electrons. The van der Waals surface area contributed by atoms with Crippen molar-refractivity contribution >= 4 is 11.8 Å². The maximum Gasteiger partial charge on any atom is 0.317 e. The van der Waals surface area contributed by atoms with Gasteiger partial charge in [-0.25, -0.2) is 9.78 Å². The number of nitrogens with zero attached hydrogens (tertiary/aromatic N) is 3. The van der Waals surface area contributed by atoms with Crippen LogP contribution < -0.4 is 10.2 Å². The van der Waals surface area contributed by atoms with Crippen LogP contribution in [0.4, 0.5) is 10.6 Å². The number of anilines is 1. The number of hydrogen-bond acceptors (Lipinski definition) is 3. The summed E-state index contributed by atoms with van der Waals surface area (Å²) in [6.07, 6.45) is 4.04. The molecule has 1 aliphatic heterocycles. The predicted octanol–water partition coefficient (Wildman–Crippen LogP) is 1.45. The Bertz CT molecular complexity index is 396. The summed E-state index contributed by atoms with van der Waals surface area (Å²) in [7, 11) is 3.91. The topological polar surface area (TPSA) is 48.5 Å². The predicted molar refractivity (Wildman–Crippen MR) is 71.6 cm³/mol. The van der Waals surface area contributed by atoms with Gasteiger partial charge in [-0.15, -0.1) is 0 Å². The number of aromatic nitrogens is 1. The molecule has 2 rings (SSSR count). The molecule has 1 fully saturated rings. The third kappa shape index (κ3) is 3.12. The molecule has 0 radical (unpaired) electrons. The SMILES string of the molecule is CN(C)c1ccc(CNC(=O)N2CCCC2)cn1. The molecule has 1 aliphatic rings. The van der Waals surface area contributed by atoms with Gasteiger partial charge < -0.3 is 15.1 Å². The molecule has 1 aromatic rings. The van der Waals surface area contributed by atoms with Gasteiger partial charge in [-0.3, -0.25) is 0 Å². The number of carbonyl (C=O) groups is 1. The van der Waals surface area contributed by atoms with Crippen molar-refractivity contribution in [3.8, 4) is 0 Å². The van der Waals surface area contributed by atoms with Crippen LogP contribution in [0.2, 0.25) is 0 Å². The van der Waals surface area contributed by atoms with Crippen molar-refractivity contribution in [2.24, 2.45) is 0 Å². The molecular formula is C13H20N4O. The summed E-state index contributed by atoms with van der Waals surface area (Å²) in [5.41, 5.74) is 1.02. The number of likely N-dealkylation sites (tertiary alicyclic amines) is 1. The summed E-state index contributed by atoms with van der Waals surface area (Å²) >= 11 is 0. The number of hydrogen-bond donors (Lipinski definition) is 1. The monoisotopic (exact) mass is 248 g/mol. The molecule has 0 spiro atoms. The maximum atomic E-state index is 11.8. The molecule has 0 aliphatic carbocycles. The first-order chi connectivity index (χ1) is 8.66. The fourth-order valence-corrected chi connectivity index (χ4v) is 2.00. The molecule has 18 heavy (non-hydrogen) atoms. The van der Waals surface area contributed by atoms with Gasteiger partial charge in [0.05, 0.1) is 0 Å². The second-order valence-corrected chi connectivity index (χ2v) is 4.77. The zero-order valence-corrected chi connectivity index (χ0v) is 11.0. The smallest absolute Gasteiger partial charge is 0.317 e. The lowest BCUT2D eigenvalue weighted by molar-refractivity contribution is 0.208. The van der Waals surface area contributed by atoms with Gasteiger partial charge in [-0.1, -0.05) is 6.07 Å². The molecule has 1 N–H and O–H groups in total. The summed E-state index contributed by atoms with van der Waals surface area (Å²) in [6, 6.07) is 3.98. The molecule has 0 atom stereocenters. The first-order valence-corrected chi connectivity index (χ1v) is 6.32. The van der Waals surface area contributed by atoms with Crippen molar-refractivity contribution in [1.82, 2.24) is 15.2 Å². The second-order valence-electron chi connectivity index (χ2n) is 4.77. The van der Waals surface area contributed by atoms with E-state index in [4.69, 9.17) is 0 Å². The molecule has 0 saturated carbocycles. The quantitative estimate of drug-likeness (QED) is 0.881. The molecule has 5 nitrogen and oxygen atoms in total. The highest BCUT2D eigenvalue weighted by molar-refractivity contribution is 5.74. The molecule has 1 aromatic heterocycles. The van der Waals surface area contributed by atoms with E-state index in [-0.39, 0.29) is 6.03 Å². The van der Waals surface area contributed by atoms with Gasteiger partial charge in [-0.2, -0.15) is 0 Å². The molecule has 2 amide bonds. The summed E-state index contributed by atoms with van der Waals surface area (Å²) in [5.74, 6) is 0.921. The van der Waals surface area contributed by atoms with Gasteiger partial charge in [0.2, 0.25) is 0 Å². The zero-order valence-electron chi connectivity index (χ0n) is 11.0. The zero-order chi connectivity index (χ0) is 13.0. The first kappa shape index (κ1) is 12.7. The van der Waals surface area contributed by atoms with Gasteiger partial charge in [-0.05, 0) is 24.5 Å². The van der Waals surface area contributed by atoms with Gasteiger partial charge in [0.1, 0.15) is 5.82 Å². The van der Waals surface area contributed by atoms with Crippen molar-refractivity contribution in [3.63, 3.8) is 0 Å². The fourth-order valence-electron chi connectivity index (χ4n) is 2.00. The third-order valence-electron chi connectivity index (χ3n) is 3.10. The van der Waals surface area contributed by atoms with Crippen LogP contribution in [0.3, 0.4) is 0 Å². The molecule has 0 bridgehead atoms. The Morgan fingerprint density at radius 3 is 2.67 bits per heavy atom. The van der Waals surface area contributed by atoms with Crippen LogP contribution in [0.25, 0.3) is 0 Å². The van der Waals surface area contributed by atoms with Crippen LogP contribution in [0.1, 0.15) is 18.4 Å². The Morgan fingerprint density at radius 2 is 2.11 bits per heavy atom. The van der Waals surface area contributed by atoms with Gasteiger partial charge in [0.25, 0.3) is 0 Å². The second kappa shape index (κ2) is 5.71. The Morgan fingerprint density at radius 1 is 1.39 bits per heavy atom. The van der Waals surface area contributed by atoms with Crippen LogP contribution in [0.15, 0.2) is 18.3 Å². The minimum atomic E-state index is 0.0317. The molecule has 0 unspecified atom stereocenters. The van der Waals surface area contributed by atoms with Crippen LogP contribution in [-0.4, -0.2) is 43.1 Å².